The highest BCUT2D eigenvalue weighted by atomic mass is 16.5. The van der Waals surface area contributed by atoms with E-state index in [1.54, 1.807) is 0 Å². The summed E-state index contributed by atoms with van der Waals surface area (Å²) in [5, 5.41) is 4.04. The lowest BCUT2D eigenvalue weighted by Gasteiger charge is -2.32. The molecule has 1 saturated heterocycles. The summed E-state index contributed by atoms with van der Waals surface area (Å²) in [6.45, 7) is 5.23. The number of rotatable bonds is 7. The standard InChI is InChI=1S/C29H30N2O3/c1-21-28(26-18-25(12-13-27(26)34-21)33-20-23-10-6-3-7-11-23)29(32)30-24-14-16-31(17-15-24)19-22-8-4-2-5-9-22/h2-13,18,24H,14-17,19-20H2,1H3,(H,30,32). The van der Waals surface area contributed by atoms with Crippen LogP contribution in [0.1, 0.15) is 40.1 Å². The van der Waals surface area contributed by atoms with Crippen molar-refractivity contribution < 1.29 is 13.9 Å². The Hall–Kier alpha value is -3.57. The number of hydrogen-bond donors (Lipinski definition) is 1. The first-order valence-electron chi connectivity index (χ1n) is 11.9. The first-order chi connectivity index (χ1) is 16.7. The Morgan fingerprint density at radius 2 is 1.65 bits per heavy atom. The van der Waals surface area contributed by atoms with E-state index in [0.717, 1.165) is 49.2 Å². The van der Waals surface area contributed by atoms with E-state index in [2.05, 4.69) is 34.5 Å². The second-order valence-corrected chi connectivity index (χ2v) is 8.97. The summed E-state index contributed by atoms with van der Waals surface area (Å²) in [5.74, 6) is 1.28. The molecule has 0 bridgehead atoms. The number of piperidine rings is 1. The van der Waals surface area contributed by atoms with Crippen molar-refractivity contribution >= 4 is 16.9 Å². The molecule has 2 heterocycles. The van der Waals surface area contributed by atoms with Gasteiger partial charge in [-0.05, 0) is 49.1 Å². The third kappa shape index (κ3) is 5.15. The third-order valence-electron chi connectivity index (χ3n) is 6.48. The Labute approximate surface area is 200 Å². The number of carbonyl (C=O) groups is 1. The zero-order valence-corrected chi connectivity index (χ0v) is 19.5. The Morgan fingerprint density at radius 3 is 2.35 bits per heavy atom. The molecule has 4 aromatic rings. The molecule has 1 N–H and O–H groups in total. The van der Waals surface area contributed by atoms with Crippen LogP contribution in [0.5, 0.6) is 5.75 Å². The number of fused-ring (bicyclic) bond motifs is 1. The van der Waals surface area contributed by atoms with E-state index >= 15 is 0 Å². The van der Waals surface area contributed by atoms with Crippen molar-refractivity contribution in [3.8, 4) is 5.75 Å². The second-order valence-electron chi connectivity index (χ2n) is 8.97. The molecule has 3 aromatic carbocycles. The molecule has 34 heavy (non-hydrogen) atoms. The molecule has 1 aromatic heterocycles. The maximum absolute atomic E-state index is 13.2. The number of likely N-dealkylation sites (tertiary alicyclic amines) is 1. The van der Waals surface area contributed by atoms with E-state index in [1.165, 1.54) is 5.56 Å². The molecular formula is C29H30N2O3. The number of hydrogen-bond acceptors (Lipinski definition) is 4. The van der Waals surface area contributed by atoms with Gasteiger partial charge in [0.05, 0.1) is 5.56 Å². The molecule has 0 spiro atoms. The Morgan fingerprint density at radius 1 is 0.971 bits per heavy atom. The number of nitrogens with one attached hydrogen (secondary N) is 1. The SMILES string of the molecule is Cc1oc2ccc(OCc3ccccc3)cc2c1C(=O)NC1CCN(Cc2ccccc2)CC1. The van der Waals surface area contributed by atoms with Crippen LogP contribution in [0.3, 0.4) is 0 Å². The summed E-state index contributed by atoms with van der Waals surface area (Å²) < 4.78 is 11.9. The first-order valence-corrected chi connectivity index (χ1v) is 11.9. The number of benzene rings is 3. The van der Waals surface area contributed by atoms with E-state index < -0.39 is 0 Å². The minimum Gasteiger partial charge on any atom is -0.489 e. The van der Waals surface area contributed by atoms with Gasteiger partial charge < -0.3 is 14.5 Å². The quantitative estimate of drug-likeness (QED) is 0.388. The van der Waals surface area contributed by atoms with Gasteiger partial charge in [-0.3, -0.25) is 9.69 Å². The summed E-state index contributed by atoms with van der Waals surface area (Å²) in [6, 6.07) is 26.4. The summed E-state index contributed by atoms with van der Waals surface area (Å²) in [5.41, 5.74) is 3.73. The van der Waals surface area contributed by atoms with Gasteiger partial charge in [0.15, 0.2) is 0 Å². The van der Waals surface area contributed by atoms with Crippen molar-refractivity contribution in [2.24, 2.45) is 0 Å². The van der Waals surface area contributed by atoms with Crippen LogP contribution in [0.4, 0.5) is 0 Å². The largest absolute Gasteiger partial charge is 0.489 e. The molecule has 0 atom stereocenters. The van der Waals surface area contributed by atoms with Crippen molar-refractivity contribution in [2.45, 2.75) is 39.0 Å². The maximum Gasteiger partial charge on any atom is 0.255 e. The molecule has 1 amide bonds. The third-order valence-corrected chi connectivity index (χ3v) is 6.48. The fourth-order valence-electron chi connectivity index (χ4n) is 4.65. The number of aryl methyl sites for hydroxylation is 1. The van der Waals surface area contributed by atoms with E-state index in [4.69, 9.17) is 9.15 Å². The van der Waals surface area contributed by atoms with Crippen molar-refractivity contribution in [3.05, 3.63) is 101 Å². The minimum atomic E-state index is -0.0713. The zero-order valence-electron chi connectivity index (χ0n) is 19.5. The minimum absolute atomic E-state index is 0.0713. The molecule has 1 aliphatic rings. The molecule has 1 aliphatic heterocycles. The maximum atomic E-state index is 13.2. The number of ether oxygens (including phenoxy) is 1. The molecular weight excluding hydrogens is 424 g/mol. The fraction of sp³-hybridized carbons (Fsp3) is 0.276. The molecule has 0 aliphatic carbocycles. The van der Waals surface area contributed by atoms with Gasteiger partial charge >= 0.3 is 0 Å². The predicted octanol–water partition coefficient (Wildman–Crippen LogP) is 5.71. The van der Waals surface area contributed by atoms with Crippen molar-refractivity contribution in [3.63, 3.8) is 0 Å². The lowest BCUT2D eigenvalue weighted by molar-refractivity contribution is 0.0909. The van der Waals surface area contributed by atoms with Gasteiger partial charge in [-0.2, -0.15) is 0 Å². The van der Waals surface area contributed by atoms with Gasteiger partial charge in [0, 0.05) is 31.1 Å². The highest BCUT2D eigenvalue weighted by Gasteiger charge is 2.24. The predicted molar refractivity (Wildman–Crippen MR) is 134 cm³/mol. The summed E-state index contributed by atoms with van der Waals surface area (Å²) in [7, 11) is 0. The summed E-state index contributed by atoms with van der Waals surface area (Å²) in [6.07, 6.45) is 1.89. The number of carbonyl (C=O) groups excluding carboxylic acids is 1. The zero-order chi connectivity index (χ0) is 23.3. The van der Waals surface area contributed by atoms with E-state index in [-0.39, 0.29) is 11.9 Å². The molecule has 0 unspecified atom stereocenters. The van der Waals surface area contributed by atoms with Gasteiger partial charge in [-0.15, -0.1) is 0 Å². The number of amides is 1. The van der Waals surface area contributed by atoms with E-state index in [9.17, 15) is 4.79 Å². The van der Waals surface area contributed by atoms with E-state index in [1.807, 2.05) is 61.5 Å². The summed E-state index contributed by atoms with van der Waals surface area (Å²) in [4.78, 5) is 15.7. The van der Waals surface area contributed by atoms with Crippen LogP contribution in [-0.2, 0) is 13.2 Å². The monoisotopic (exact) mass is 454 g/mol. The molecule has 5 nitrogen and oxygen atoms in total. The molecule has 5 rings (SSSR count). The summed E-state index contributed by atoms with van der Waals surface area (Å²) >= 11 is 0. The van der Waals surface area contributed by atoms with Crippen molar-refractivity contribution in [2.75, 3.05) is 13.1 Å². The van der Waals surface area contributed by atoms with Gasteiger partial charge in [-0.25, -0.2) is 0 Å². The van der Waals surface area contributed by atoms with Crippen LogP contribution < -0.4 is 10.1 Å². The van der Waals surface area contributed by atoms with Crippen LogP contribution in [0.2, 0.25) is 0 Å². The van der Waals surface area contributed by atoms with Gasteiger partial charge in [-0.1, -0.05) is 60.7 Å². The van der Waals surface area contributed by atoms with Gasteiger partial charge in [0.25, 0.3) is 5.91 Å². The molecule has 5 heteroatoms. The van der Waals surface area contributed by atoms with Crippen LogP contribution in [0.15, 0.2) is 83.3 Å². The van der Waals surface area contributed by atoms with Crippen LogP contribution >= 0.6 is 0 Å². The van der Waals surface area contributed by atoms with Crippen molar-refractivity contribution in [1.29, 1.82) is 0 Å². The van der Waals surface area contributed by atoms with Crippen LogP contribution in [-0.4, -0.2) is 29.9 Å². The Kier molecular flexibility index (Phi) is 6.63. The lowest BCUT2D eigenvalue weighted by atomic mass is 10.0. The highest BCUT2D eigenvalue weighted by Crippen LogP contribution is 2.30. The molecule has 0 saturated carbocycles. The topological polar surface area (TPSA) is 54.7 Å². The van der Waals surface area contributed by atoms with Gasteiger partial charge in [0.1, 0.15) is 23.7 Å². The Bertz CT molecular complexity index is 1240. The molecule has 174 valence electrons. The number of furan rings is 1. The van der Waals surface area contributed by atoms with Crippen molar-refractivity contribution in [1.82, 2.24) is 10.2 Å². The Balaban J connectivity index is 1.22. The smallest absolute Gasteiger partial charge is 0.255 e. The fourth-order valence-corrected chi connectivity index (χ4v) is 4.65. The van der Waals surface area contributed by atoms with Crippen LogP contribution in [0, 0.1) is 6.92 Å². The average Bonchev–Trinajstić information content (AvgIpc) is 3.20. The normalized spacial score (nSPS) is 14.9. The van der Waals surface area contributed by atoms with E-state index in [0.29, 0.717) is 23.5 Å². The molecule has 1 fully saturated rings. The second kappa shape index (κ2) is 10.1. The first kappa shape index (κ1) is 22.2. The van der Waals surface area contributed by atoms with Crippen LogP contribution in [0.25, 0.3) is 11.0 Å². The number of nitrogens with zero attached hydrogens (tertiary/aromatic N) is 1. The lowest BCUT2D eigenvalue weighted by Crippen LogP contribution is -2.44. The molecule has 0 radical (unpaired) electrons. The highest BCUT2D eigenvalue weighted by molar-refractivity contribution is 6.07. The average molecular weight is 455 g/mol. The van der Waals surface area contributed by atoms with Gasteiger partial charge in [0.2, 0.25) is 0 Å².